The van der Waals surface area contributed by atoms with Crippen LogP contribution in [0.3, 0.4) is 0 Å². The Bertz CT molecular complexity index is 470. The Labute approximate surface area is 192 Å². The van der Waals surface area contributed by atoms with Crippen molar-refractivity contribution in [1.29, 1.82) is 0 Å². The summed E-state index contributed by atoms with van der Waals surface area (Å²) in [6, 6.07) is 0.690. The zero-order valence-corrected chi connectivity index (χ0v) is 20.1. The van der Waals surface area contributed by atoms with Crippen molar-refractivity contribution in [2.75, 3.05) is 46.2 Å². The Morgan fingerprint density at radius 3 is 1.97 bits per heavy atom. The van der Waals surface area contributed by atoms with Crippen molar-refractivity contribution in [2.24, 2.45) is 5.84 Å². The Morgan fingerprint density at radius 1 is 1.03 bits per heavy atom. The molecule has 10 heteroatoms. The summed E-state index contributed by atoms with van der Waals surface area (Å²) in [5.74, 6) is 5.21. The van der Waals surface area contributed by atoms with Gasteiger partial charge in [0.1, 0.15) is 12.2 Å². The number of hydrogen-bond donors (Lipinski definition) is 3. The van der Waals surface area contributed by atoms with E-state index in [0.29, 0.717) is 25.3 Å². The number of carbonyl (C=O) groups is 2. The van der Waals surface area contributed by atoms with E-state index in [2.05, 4.69) is 10.7 Å². The van der Waals surface area contributed by atoms with Gasteiger partial charge in [-0.3, -0.25) is 20.9 Å². The van der Waals surface area contributed by atoms with Crippen LogP contribution in [-0.4, -0.2) is 75.6 Å². The molecule has 0 radical (unpaired) electrons. The maximum Gasteiger partial charge on any atom is 0.320 e. The van der Waals surface area contributed by atoms with Crippen molar-refractivity contribution < 1.29 is 28.5 Å². The van der Waals surface area contributed by atoms with Gasteiger partial charge in [-0.25, -0.2) is 0 Å². The number of hydrazine groups is 1. The van der Waals surface area contributed by atoms with Crippen molar-refractivity contribution in [3.8, 4) is 0 Å². The Kier molecular flexibility index (Phi) is 17.2. The molecule has 0 amide bonds. The molecule has 3 aliphatic heterocycles. The van der Waals surface area contributed by atoms with E-state index in [4.69, 9.17) is 24.8 Å². The zero-order chi connectivity index (χ0) is 22.2. The SMILES string of the molecule is CC(C)(C)OC(=O)CNC1CCCOC1.Cl.NNC1CCCOC1.O=C1CCCOC1. The van der Waals surface area contributed by atoms with Crippen LogP contribution in [-0.2, 0) is 28.5 Å². The highest BCUT2D eigenvalue weighted by Crippen LogP contribution is 2.08. The molecule has 3 aliphatic rings. The van der Waals surface area contributed by atoms with Crippen LogP contribution in [0.4, 0.5) is 0 Å². The zero-order valence-electron chi connectivity index (χ0n) is 19.3. The van der Waals surface area contributed by atoms with Gasteiger partial charge in [0.15, 0.2) is 5.78 Å². The fourth-order valence-electron chi connectivity index (χ4n) is 3.01. The van der Waals surface area contributed by atoms with Gasteiger partial charge in [0.2, 0.25) is 0 Å². The number of rotatable bonds is 4. The number of halogens is 1. The molecule has 31 heavy (non-hydrogen) atoms. The number of carbonyl (C=O) groups excluding carboxylic acids is 2. The monoisotopic (exact) mass is 467 g/mol. The maximum atomic E-state index is 11.4. The molecule has 184 valence electrons. The van der Waals surface area contributed by atoms with E-state index in [9.17, 15) is 9.59 Å². The topological polar surface area (TPSA) is 121 Å². The van der Waals surface area contributed by atoms with E-state index in [0.717, 1.165) is 65.0 Å². The highest BCUT2D eigenvalue weighted by molar-refractivity contribution is 5.85. The van der Waals surface area contributed by atoms with Gasteiger partial charge in [-0.05, 0) is 52.9 Å². The summed E-state index contributed by atoms with van der Waals surface area (Å²) in [6.45, 7) is 10.2. The third-order valence-corrected chi connectivity index (χ3v) is 4.52. The molecule has 0 aromatic rings. The Hall–Kier alpha value is -0.810. The highest BCUT2D eigenvalue weighted by Gasteiger charge is 2.18. The van der Waals surface area contributed by atoms with Crippen LogP contribution >= 0.6 is 12.4 Å². The molecule has 3 heterocycles. The van der Waals surface area contributed by atoms with Crippen LogP contribution < -0.4 is 16.6 Å². The van der Waals surface area contributed by atoms with Crippen molar-refractivity contribution >= 4 is 24.2 Å². The maximum absolute atomic E-state index is 11.4. The first-order valence-corrected chi connectivity index (χ1v) is 11.0. The molecule has 3 fully saturated rings. The number of ketones is 1. The molecule has 0 aromatic heterocycles. The van der Waals surface area contributed by atoms with Gasteiger partial charge in [0.05, 0.1) is 19.8 Å². The molecule has 4 N–H and O–H groups in total. The first-order valence-electron chi connectivity index (χ1n) is 11.0. The van der Waals surface area contributed by atoms with Crippen molar-refractivity contribution in [1.82, 2.24) is 10.7 Å². The molecule has 3 saturated heterocycles. The van der Waals surface area contributed by atoms with Gasteiger partial charge in [0.25, 0.3) is 0 Å². The average Bonchev–Trinajstić information content (AvgIpc) is 2.74. The number of esters is 1. The summed E-state index contributed by atoms with van der Waals surface area (Å²) in [6.07, 6.45) is 6.05. The van der Waals surface area contributed by atoms with Crippen LogP contribution in [0.15, 0.2) is 0 Å². The van der Waals surface area contributed by atoms with Gasteiger partial charge in [-0.1, -0.05) is 0 Å². The predicted molar refractivity (Wildman–Crippen MR) is 121 cm³/mol. The smallest absolute Gasteiger partial charge is 0.320 e. The number of Topliss-reactive ketones (excluding diaryl/α,β-unsaturated/α-hetero) is 1. The number of ether oxygens (including phenoxy) is 4. The second kappa shape index (κ2) is 17.7. The molecule has 9 nitrogen and oxygen atoms in total. The van der Waals surface area contributed by atoms with E-state index in [-0.39, 0.29) is 30.7 Å². The molecule has 3 rings (SSSR count). The lowest BCUT2D eigenvalue weighted by Gasteiger charge is -2.24. The quantitative estimate of drug-likeness (QED) is 0.321. The standard InChI is InChI=1S/C11H21NO3.C5H12N2O.C5H8O2.ClH/c1-11(2,3)15-10(13)7-12-9-5-4-6-14-8-9;6-7-5-2-1-3-8-4-5;6-5-2-1-3-7-4-5;/h9,12H,4-8H2,1-3H3;5,7H,1-4,6H2;1-4H2;1H. The molecule has 0 spiro atoms. The molecule has 2 unspecified atom stereocenters. The normalized spacial score (nSPS) is 23.8. The molecule has 0 aliphatic carbocycles. The van der Waals surface area contributed by atoms with Gasteiger partial charge in [-0.15, -0.1) is 12.4 Å². The van der Waals surface area contributed by atoms with Gasteiger partial charge >= 0.3 is 5.97 Å². The summed E-state index contributed by atoms with van der Waals surface area (Å²) >= 11 is 0. The minimum absolute atomic E-state index is 0. The minimum Gasteiger partial charge on any atom is -0.459 e. The minimum atomic E-state index is -0.401. The van der Waals surface area contributed by atoms with E-state index in [1.807, 2.05) is 20.8 Å². The second-order valence-electron chi connectivity index (χ2n) is 8.66. The lowest BCUT2D eigenvalue weighted by atomic mass is 10.1. The third-order valence-electron chi connectivity index (χ3n) is 4.52. The molecular formula is C21H42ClN3O6. The number of hydrogen-bond acceptors (Lipinski definition) is 9. The van der Waals surface area contributed by atoms with Crippen LogP contribution in [0, 0.1) is 0 Å². The number of nitrogens with one attached hydrogen (secondary N) is 2. The summed E-state index contributed by atoms with van der Waals surface area (Å²) < 4.78 is 20.4. The van der Waals surface area contributed by atoms with Gasteiger partial charge in [0, 0.05) is 38.3 Å². The fourth-order valence-corrected chi connectivity index (χ4v) is 3.01. The first-order chi connectivity index (χ1) is 14.3. The van der Waals surface area contributed by atoms with Crippen LogP contribution in [0.5, 0.6) is 0 Å². The van der Waals surface area contributed by atoms with E-state index < -0.39 is 5.60 Å². The second-order valence-corrected chi connectivity index (χ2v) is 8.66. The van der Waals surface area contributed by atoms with Crippen LogP contribution in [0.25, 0.3) is 0 Å². The van der Waals surface area contributed by atoms with Crippen LogP contribution in [0.1, 0.15) is 59.3 Å². The van der Waals surface area contributed by atoms with Gasteiger partial charge in [-0.2, -0.15) is 0 Å². The van der Waals surface area contributed by atoms with E-state index in [1.165, 1.54) is 0 Å². The molecule has 0 bridgehead atoms. The average molecular weight is 468 g/mol. The molecule has 0 aromatic carbocycles. The first kappa shape index (κ1) is 30.2. The Morgan fingerprint density at radius 2 is 1.61 bits per heavy atom. The Balaban J connectivity index is 0.000000473. The van der Waals surface area contributed by atoms with E-state index in [1.54, 1.807) is 0 Å². The van der Waals surface area contributed by atoms with Crippen molar-refractivity contribution in [2.45, 2.75) is 77.0 Å². The highest BCUT2D eigenvalue weighted by atomic mass is 35.5. The third kappa shape index (κ3) is 17.4. The van der Waals surface area contributed by atoms with E-state index >= 15 is 0 Å². The fraction of sp³-hybridized carbons (Fsp3) is 0.905. The summed E-state index contributed by atoms with van der Waals surface area (Å²) in [7, 11) is 0. The molecule has 2 atom stereocenters. The summed E-state index contributed by atoms with van der Waals surface area (Å²) in [5.41, 5.74) is 2.28. The molecular weight excluding hydrogens is 426 g/mol. The van der Waals surface area contributed by atoms with Crippen molar-refractivity contribution in [3.05, 3.63) is 0 Å². The predicted octanol–water partition coefficient (Wildman–Crippen LogP) is 1.51. The molecule has 0 saturated carbocycles. The summed E-state index contributed by atoms with van der Waals surface area (Å²) in [4.78, 5) is 21.7. The lowest BCUT2D eigenvalue weighted by Crippen LogP contribution is -2.41. The summed E-state index contributed by atoms with van der Waals surface area (Å²) in [5, 5.41) is 3.14. The largest absolute Gasteiger partial charge is 0.459 e. The van der Waals surface area contributed by atoms with Gasteiger partial charge < -0.3 is 24.3 Å². The number of nitrogens with two attached hydrogens (primary N) is 1. The van der Waals surface area contributed by atoms with Crippen LogP contribution in [0.2, 0.25) is 0 Å². The lowest BCUT2D eigenvalue weighted by molar-refractivity contribution is -0.153. The van der Waals surface area contributed by atoms with Crippen molar-refractivity contribution in [3.63, 3.8) is 0 Å².